The molecular weight excluding hydrogens is 345 g/mol. The van der Waals surface area contributed by atoms with Crippen molar-refractivity contribution in [1.82, 2.24) is 9.97 Å². The number of hydrogen-bond acceptors (Lipinski definition) is 4. The number of hydrogen-bond donors (Lipinski definition) is 0. The van der Waals surface area contributed by atoms with Gasteiger partial charge in [-0.3, -0.25) is 9.19 Å². The van der Waals surface area contributed by atoms with Crippen LogP contribution in [-0.4, -0.2) is 19.9 Å². The number of alkyl halides is 3. The largest absolute Gasteiger partial charge is 0.416 e. The number of halogens is 3. The van der Waals surface area contributed by atoms with Crippen LogP contribution in [0.1, 0.15) is 12.5 Å². The summed E-state index contributed by atoms with van der Waals surface area (Å²) in [6, 6.07) is 5.18. The van der Waals surface area contributed by atoms with Crippen molar-refractivity contribution in [3.63, 3.8) is 0 Å². The Balaban J connectivity index is 2.13. The molecule has 0 aliphatic heterocycles. The molecule has 0 fully saturated rings. The molecule has 0 aliphatic carbocycles. The van der Waals surface area contributed by atoms with Crippen LogP contribution < -0.4 is 0 Å². The second kappa shape index (κ2) is 6.01. The van der Waals surface area contributed by atoms with Crippen LogP contribution in [0.4, 0.5) is 13.2 Å². The SMILES string of the molecule is CCS(=O)c1cnccc1-c1nc2cc(C(F)(F)F)ccc2s1. The summed E-state index contributed by atoms with van der Waals surface area (Å²) >= 11 is 1.27. The summed E-state index contributed by atoms with van der Waals surface area (Å²) in [5.74, 6) is 0.432. The number of aromatic nitrogens is 2. The summed E-state index contributed by atoms with van der Waals surface area (Å²) in [5.41, 5.74) is 0.203. The molecule has 1 atom stereocenters. The second-order valence-electron chi connectivity index (χ2n) is 4.71. The van der Waals surface area contributed by atoms with Crippen molar-refractivity contribution in [1.29, 1.82) is 0 Å². The van der Waals surface area contributed by atoms with E-state index in [2.05, 4.69) is 9.97 Å². The molecule has 0 aliphatic rings. The van der Waals surface area contributed by atoms with Gasteiger partial charge in [0, 0.05) is 23.7 Å². The van der Waals surface area contributed by atoms with Gasteiger partial charge in [-0.15, -0.1) is 11.3 Å². The molecular formula is C15H11F3N2OS2. The fraction of sp³-hybridized carbons (Fsp3) is 0.200. The number of pyridine rings is 1. The molecule has 8 heteroatoms. The van der Waals surface area contributed by atoms with Crippen LogP contribution in [0.2, 0.25) is 0 Å². The van der Waals surface area contributed by atoms with E-state index in [-0.39, 0.29) is 5.52 Å². The van der Waals surface area contributed by atoms with Gasteiger partial charge in [-0.05, 0) is 24.3 Å². The Morgan fingerprint density at radius 1 is 1.26 bits per heavy atom. The Morgan fingerprint density at radius 2 is 2.04 bits per heavy atom. The summed E-state index contributed by atoms with van der Waals surface area (Å²) in [6.07, 6.45) is -1.33. The predicted octanol–water partition coefficient (Wildman–Crippen LogP) is 4.50. The lowest BCUT2D eigenvalue weighted by Gasteiger charge is -2.05. The van der Waals surface area contributed by atoms with Crippen molar-refractivity contribution in [3.05, 3.63) is 42.2 Å². The third kappa shape index (κ3) is 3.13. The fourth-order valence-electron chi connectivity index (χ4n) is 2.11. The third-order valence-electron chi connectivity index (χ3n) is 3.24. The van der Waals surface area contributed by atoms with Crippen LogP contribution in [0.25, 0.3) is 20.8 Å². The second-order valence-corrected chi connectivity index (χ2v) is 7.44. The van der Waals surface area contributed by atoms with E-state index in [4.69, 9.17) is 0 Å². The van der Waals surface area contributed by atoms with Crippen molar-refractivity contribution in [2.45, 2.75) is 18.0 Å². The van der Waals surface area contributed by atoms with Gasteiger partial charge in [0.1, 0.15) is 5.01 Å². The lowest BCUT2D eigenvalue weighted by molar-refractivity contribution is -0.137. The summed E-state index contributed by atoms with van der Waals surface area (Å²) in [6.45, 7) is 1.79. The highest BCUT2D eigenvalue weighted by Crippen LogP contribution is 2.36. The van der Waals surface area contributed by atoms with Gasteiger partial charge in [0.2, 0.25) is 0 Å². The van der Waals surface area contributed by atoms with Gasteiger partial charge in [0.15, 0.2) is 0 Å². The molecule has 3 nitrogen and oxygen atoms in total. The summed E-state index contributed by atoms with van der Waals surface area (Å²) in [4.78, 5) is 8.81. The predicted molar refractivity (Wildman–Crippen MR) is 84.8 cm³/mol. The Morgan fingerprint density at radius 3 is 2.74 bits per heavy atom. The molecule has 0 saturated carbocycles. The lowest BCUT2D eigenvalue weighted by Crippen LogP contribution is -2.03. The molecule has 120 valence electrons. The Labute approximate surface area is 136 Å². The molecule has 0 radical (unpaired) electrons. The first-order valence-corrected chi connectivity index (χ1v) is 8.84. The maximum Gasteiger partial charge on any atom is 0.416 e. The molecule has 23 heavy (non-hydrogen) atoms. The average Bonchev–Trinajstić information content (AvgIpc) is 2.96. The molecule has 0 spiro atoms. The first-order valence-electron chi connectivity index (χ1n) is 6.70. The molecule has 0 N–H and O–H groups in total. The lowest BCUT2D eigenvalue weighted by atomic mass is 10.2. The number of rotatable bonds is 3. The zero-order chi connectivity index (χ0) is 16.6. The van der Waals surface area contributed by atoms with Gasteiger partial charge in [-0.25, -0.2) is 4.98 Å². The van der Waals surface area contributed by atoms with Gasteiger partial charge >= 0.3 is 6.18 Å². The average molecular weight is 356 g/mol. The Kier molecular flexibility index (Phi) is 4.20. The minimum Gasteiger partial charge on any atom is -0.263 e. The van der Waals surface area contributed by atoms with E-state index in [1.807, 2.05) is 0 Å². The summed E-state index contributed by atoms with van der Waals surface area (Å²) in [5, 5.41) is 0.540. The van der Waals surface area contributed by atoms with E-state index in [1.165, 1.54) is 23.6 Å². The van der Waals surface area contributed by atoms with Crippen LogP contribution in [0, 0.1) is 0 Å². The molecule has 0 saturated heterocycles. The Hall–Kier alpha value is -1.80. The van der Waals surface area contributed by atoms with E-state index in [1.54, 1.807) is 19.2 Å². The number of thiazole rings is 1. The molecule has 3 aromatic rings. The molecule has 2 aromatic heterocycles. The quantitative estimate of drug-likeness (QED) is 0.694. The van der Waals surface area contributed by atoms with E-state index >= 15 is 0 Å². The monoisotopic (exact) mass is 356 g/mol. The van der Waals surface area contributed by atoms with Crippen LogP contribution in [0.3, 0.4) is 0 Å². The normalized spacial score (nSPS) is 13.4. The number of nitrogens with zero attached hydrogens (tertiary/aromatic N) is 2. The Bertz CT molecular complexity index is 890. The van der Waals surface area contributed by atoms with Crippen molar-refractivity contribution in [2.24, 2.45) is 0 Å². The molecule has 0 amide bonds. The van der Waals surface area contributed by atoms with Crippen molar-refractivity contribution < 1.29 is 17.4 Å². The van der Waals surface area contributed by atoms with Gasteiger partial charge in [0.05, 0.1) is 31.5 Å². The van der Waals surface area contributed by atoms with Gasteiger partial charge in [-0.2, -0.15) is 13.2 Å². The van der Waals surface area contributed by atoms with E-state index in [0.29, 0.717) is 25.9 Å². The minimum absolute atomic E-state index is 0.282. The summed E-state index contributed by atoms with van der Waals surface area (Å²) < 4.78 is 51.1. The van der Waals surface area contributed by atoms with Crippen molar-refractivity contribution >= 4 is 32.4 Å². The summed E-state index contributed by atoms with van der Waals surface area (Å²) in [7, 11) is -1.22. The first-order chi connectivity index (χ1) is 10.9. The van der Waals surface area contributed by atoms with E-state index in [9.17, 15) is 17.4 Å². The van der Waals surface area contributed by atoms with Gasteiger partial charge in [0.25, 0.3) is 0 Å². The van der Waals surface area contributed by atoms with Crippen LogP contribution in [-0.2, 0) is 17.0 Å². The molecule has 1 unspecified atom stereocenters. The first kappa shape index (κ1) is 16.1. The smallest absolute Gasteiger partial charge is 0.263 e. The number of fused-ring (bicyclic) bond motifs is 1. The molecule has 3 rings (SSSR count). The zero-order valence-corrected chi connectivity index (χ0v) is 13.6. The minimum atomic E-state index is -4.40. The van der Waals surface area contributed by atoms with Crippen molar-refractivity contribution in [3.8, 4) is 10.6 Å². The maximum absolute atomic E-state index is 12.8. The molecule has 2 heterocycles. The standard InChI is InChI=1S/C15H11F3N2OS2/c1-2-23(21)13-8-19-6-5-10(13)14-20-11-7-9(15(16,17)18)3-4-12(11)22-14/h3-8H,2H2,1H3. The van der Waals surface area contributed by atoms with E-state index in [0.717, 1.165) is 12.1 Å². The maximum atomic E-state index is 12.8. The van der Waals surface area contributed by atoms with Crippen LogP contribution in [0.15, 0.2) is 41.6 Å². The van der Waals surface area contributed by atoms with Crippen LogP contribution >= 0.6 is 11.3 Å². The highest BCUT2D eigenvalue weighted by Gasteiger charge is 2.30. The third-order valence-corrected chi connectivity index (χ3v) is 5.65. The van der Waals surface area contributed by atoms with Gasteiger partial charge < -0.3 is 0 Å². The van der Waals surface area contributed by atoms with Crippen LogP contribution in [0.5, 0.6) is 0 Å². The van der Waals surface area contributed by atoms with Crippen molar-refractivity contribution in [2.75, 3.05) is 5.75 Å². The molecule has 1 aromatic carbocycles. The highest BCUT2D eigenvalue weighted by atomic mass is 32.2. The highest BCUT2D eigenvalue weighted by molar-refractivity contribution is 7.85. The molecule has 0 bridgehead atoms. The zero-order valence-electron chi connectivity index (χ0n) is 11.9. The number of benzene rings is 1. The fourth-order valence-corrected chi connectivity index (χ4v) is 4.06. The van der Waals surface area contributed by atoms with Gasteiger partial charge in [-0.1, -0.05) is 6.92 Å². The topological polar surface area (TPSA) is 42.9 Å². The van der Waals surface area contributed by atoms with E-state index < -0.39 is 22.5 Å².